The second kappa shape index (κ2) is 34.3. The smallest absolute Gasteiger partial charge is 0.462 e. The maximum atomic E-state index is 12.8. The quantitative estimate of drug-likeness (QED) is 0.0151. The van der Waals surface area contributed by atoms with E-state index in [1.165, 1.54) is 96.3 Å². The summed E-state index contributed by atoms with van der Waals surface area (Å²) in [7, 11) is -5.11. The highest BCUT2D eigenvalue weighted by atomic mass is 31.2. The maximum absolute atomic E-state index is 12.8. The topological polar surface area (TPSA) is 210 Å². The summed E-state index contributed by atoms with van der Waals surface area (Å²) in [5.41, 5.74) is 0. The molecule has 6 unspecified atom stereocenters. The Labute approximate surface area is 343 Å². The fourth-order valence-electron chi connectivity index (χ4n) is 6.93. The van der Waals surface area contributed by atoms with Crippen LogP contribution in [0.5, 0.6) is 0 Å². The summed E-state index contributed by atoms with van der Waals surface area (Å²) in [6.07, 6.45) is 21.2. The van der Waals surface area contributed by atoms with Crippen LogP contribution in [0.4, 0.5) is 0 Å². The average molecular weight is 837 g/mol. The zero-order chi connectivity index (χ0) is 42.2. The van der Waals surface area contributed by atoms with E-state index in [9.17, 15) is 44.6 Å². The van der Waals surface area contributed by atoms with Crippen molar-refractivity contribution in [2.45, 2.75) is 236 Å². The number of carbonyl (C=O) groups excluding carboxylic acids is 2. The van der Waals surface area contributed by atoms with E-state index < -0.39 is 75.7 Å². The Hall–Kier alpha value is -1.41. The van der Waals surface area contributed by atoms with Gasteiger partial charge in [-0.05, 0) is 38.5 Å². The number of aliphatic hydroxyl groups excluding tert-OH is 5. The van der Waals surface area contributed by atoms with E-state index in [0.717, 1.165) is 57.8 Å². The van der Waals surface area contributed by atoms with Crippen molar-refractivity contribution in [3.05, 3.63) is 12.2 Å². The first-order chi connectivity index (χ1) is 27.4. The molecule has 1 saturated carbocycles. The van der Waals surface area contributed by atoms with Crippen LogP contribution in [0.15, 0.2) is 12.2 Å². The molecule has 57 heavy (non-hydrogen) atoms. The molecule has 0 aliphatic heterocycles. The fraction of sp³-hybridized carbons (Fsp3) is 0.907. The van der Waals surface area contributed by atoms with Gasteiger partial charge in [0.15, 0.2) is 6.10 Å². The number of allylic oxidation sites excluding steroid dienone is 2. The Bertz CT molecular complexity index is 1060. The van der Waals surface area contributed by atoms with Crippen LogP contribution < -0.4 is 0 Å². The van der Waals surface area contributed by atoms with Crippen LogP contribution in [-0.2, 0) is 32.7 Å². The molecule has 8 atom stereocenters. The Morgan fingerprint density at radius 1 is 0.526 bits per heavy atom. The molecular formula is C43H81O13P. The van der Waals surface area contributed by atoms with Crippen molar-refractivity contribution in [3.8, 4) is 0 Å². The summed E-state index contributed by atoms with van der Waals surface area (Å²) in [5, 5.41) is 50.1. The van der Waals surface area contributed by atoms with E-state index >= 15 is 0 Å². The van der Waals surface area contributed by atoms with Gasteiger partial charge in [0, 0.05) is 12.8 Å². The maximum Gasteiger partial charge on any atom is 0.472 e. The Morgan fingerprint density at radius 2 is 0.895 bits per heavy atom. The summed E-state index contributed by atoms with van der Waals surface area (Å²) in [6.45, 7) is 3.28. The lowest BCUT2D eigenvalue weighted by molar-refractivity contribution is -0.220. The molecule has 1 aliphatic rings. The predicted octanol–water partition coefficient (Wildman–Crippen LogP) is 8.28. The minimum Gasteiger partial charge on any atom is -0.462 e. The summed E-state index contributed by atoms with van der Waals surface area (Å²) >= 11 is 0. The highest BCUT2D eigenvalue weighted by Crippen LogP contribution is 2.47. The number of aliphatic hydroxyl groups is 5. The molecule has 0 aromatic heterocycles. The number of hydrogen-bond acceptors (Lipinski definition) is 12. The normalized spacial score (nSPS) is 22.7. The lowest BCUT2D eigenvalue weighted by Crippen LogP contribution is -2.64. The third-order valence-corrected chi connectivity index (χ3v) is 11.6. The molecule has 0 heterocycles. The molecule has 0 saturated heterocycles. The first-order valence-corrected chi connectivity index (χ1v) is 24.0. The van der Waals surface area contributed by atoms with E-state index in [0.29, 0.717) is 12.8 Å². The molecule has 6 N–H and O–H groups in total. The molecule has 0 spiro atoms. The van der Waals surface area contributed by atoms with Crippen LogP contribution in [0.2, 0.25) is 0 Å². The molecule has 1 rings (SSSR count). The monoisotopic (exact) mass is 837 g/mol. The van der Waals surface area contributed by atoms with Gasteiger partial charge < -0.3 is 39.9 Å². The highest BCUT2D eigenvalue weighted by molar-refractivity contribution is 7.47. The number of phosphoric acid groups is 1. The van der Waals surface area contributed by atoms with Crippen molar-refractivity contribution in [2.75, 3.05) is 13.2 Å². The second-order valence-electron chi connectivity index (χ2n) is 15.9. The molecule has 1 fully saturated rings. The van der Waals surface area contributed by atoms with Gasteiger partial charge in [-0.25, -0.2) is 4.57 Å². The van der Waals surface area contributed by atoms with E-state index in [2.05, 4.69) is 26.0 Å². The molecule has 1 aliphatic carbocycles. The molecule has 0 aromatic carbocycles. The van der Waals surface area contributed by atoms with Gasteiger partial charge >= 0.3 is 19.8 Å². The van der Waals surface area contributed by atoms with Gasteiger partial charge in [-0.3, -0.25) is 18.6 Å². The van der Waals surface area contributed by atoms with E-state index in [1.807, 2.05) is 0 Å². The van der Waals surface area contributed by atoms with Crippen molar-refractivity contribution < 1.29 is 63.1 Å². The molecule has 14 heteroatoms. The Balaban J connectivity index is 2.47. The van der Waals surface area contributed by atoms with Crippen LogP contribution in [0.25, 0.3) is 0 Å². The molecular weight excluding hydrogens is 755 g/mol. The van der Waals surface area contributed by atoms with Crippen molar-refractivity contribution in [1.29, 1.82) is 0 Å². The third-order valence-electron chi connectivity index (χ3n) is 10.6. The summed E-state index contributed by atoms with van der Waals surface area (Å²) in [6, 6.07) is 0. The van der Waals surface area contributed by atoms with Crippen molar-refractivity contribution >= 4 is 19.8 Å². The average Bonchev–Trinajstić information content (AvgIpc) is 3.19. The number of hydrogen-bond donors (Lipinski definition) is 6. The minimum atomic E-state index is -5.11. The largest absolute Gasteiger partial charge is 0.472 e. The molecule has 0 bridgehead atoms. The second-order valence-corrected chi connectivity index (χ2v) is 17.3. The zero-order valence-electron chi connectivity index (χ0n) is 35.4. The first kappa shape index (κ1) is 53.6. The van der Waals surface area contributed by atoms with Crippen LogP contribution >= 0.6 is 7.82 Å². The minimum absolute atomic E-state index is 0.101. The van der Waals surface area contributed by atoms with Gasteiger partial charge in [0.05, 0.1) is 6.61 Å². The van der Waals surface area contributed by atoms with Gasteiger partial charge in [0.25, 0.3) is 0 Å². The Morgan fingerprint density at radius 3 is 1.35 bits per heavy atom. The van der Waals surface area contributed by atoms with E-state index in [-0.39, 0.29) is 12.8 Å². The number of phosphoric ester groups is 1. The lowest BCUT2D eigenvalue weighted by Gasteiger charge is -2.41. The van der Waals surface area contributed by atoms with Crippen molar-refractivity contribution in [3.63, 3.8) is 0 Å². The molecule has 0 aromatic rings. The van der Waals surface area contributed by atoms with Gasteiger partial charge in [0.2, 0.25) is 0 Å². The van der Waals surface area contributed by atoms with Gasteiger partial charge in [-0.15, -0.1) is 0 Å². The molecule has 336 valence electrons. The summed E-state index contributed by atoms with van der Waals surface area (Å²) in [5.74, 6) is -1.10. The van der Waals surface area contributed by atoms with Crippen LogP contribution in [-0.4, -0.2) is 98.3 Å². The summed E-state index contributed by atoms with van der Waals surface area (Å²) < 4.78 is 33.5. The number of rotatable bonds is 37. The van der Waals surface area contributed by atoms with Gasteiger partial charge in [-0.1, -0.05) is 154 Å². The van der Waals surface area contributed by atoms with Crippen molar-refractivity contribution in [2.24, 2.45) is 0 Å². The lowest BCUT2D eigenvalue weighted by atomic mass is 9.85. The number of unbranched alkanes of at least 4 members (excludes halogenated alkanes) is 23. The number of esters is 2. The highest BCUT2D eigenvalue weighted by Gasteiger charge is 2.51. The summed E-state index contributed by atoms with van der Waals surface area (Å²) in [4.78, 5) is 35.6. The van der Waals surface area contributed by atoms with Crippen LogP contribution in [0.3, 0.4) is 0 Å². The predicted molar refractivity (Wildman–Crippen MR) is 221 cm³/mol. The fourth-order valence-corrected chi connectivity index (χ4v) is 7.90. The van der Waals surface area contributed by atoms with Crippen molar-refractivity contribution in [1.82, 2.24) is 0 Å². The number of carbonyl (C=O) groups is 2. The zero-order valence-corrected chi connectivity index (χ0v) is 36.3. The first-order valence-electron chi connectivity index (χ1n) is 22.5. The van der Waals surface area contributed by atoms with E-state index in [4.69, 9.17) is 18.5 Å². The van der Waals surface area contributed by atoms with Crippen LogP contribution in [0.1, 0.15) is 194 Å². The molecule has 13 nitrogen and oxygen atoms in total. The molecule has 0 amide bonds. The van der Waals surface area contributed by atoms with Gasteiger partial charge in [-0.2, -0.15) is 0 Å². The van der Waals surface area contributed by atoms with Crippen LogP contribution in [0, 0.1) is 0 Å². The van der Waals surface area contributed by atoms with E-state index in [1.54, 1.807) is 0 Å². The number of ether oxygens (including phenoxy) is 2. The Kier molecular flexibility index (Phi) is 32.3. The van der Waals surface area contributed by atoms with Gasteiger partial charge in [0.1, 0.15) is 43.2 Å². The SMILES string of the molecule is CCCCCC/C=C/CCCCCCCCCC(=O)OC[C@@H](COP(=O)(O)OC1C(O)C(O)C(O)[C@H](O)C1O)OC(=O)CCCCCCCCCCCCCCC. The standard InChI is InChI=1S/C43H81O13P/c1-3-5-7-9-11-13-15-17-18-20-21-23-25-27-29-31-36(44)53-33-35(34-54-57(51,52)56-43-41(49)39(47)38(46)40(48)42(43)50)55-37(45)32-30-28-26-24-22-19-16-14-12-10-8-6-4-2/h13,15,35,38-43,46-50H,3-12,14,16-34H2,1-2H3,(H,51,52)/b15-13+/t35-,38?,39-,40?,41?,42?,43?/m0/s1. The third kappa shape index (κ3) is 27.1. The molecule has 0 radical (unpaired) electrons.